The highest BCUT2D eigenvalue weighted by Crippen LogP contribution is 2.24. The lowest BCUT2D eigenvalue weighted by atomic mass is 9.99. The fraction of sp³-hybridized carbons (Fsp3) is 0.353. The summed E-state index contributed by atoms with van der Waals surface area (Å²) in [5, 5.41) is 3.34. The van der Waals surface area contributed by atoms with Crippen LogP contribution in [0, 0.1) is 6.92 Å². The van der Waals surface area contributed by atoms with Crippen LogP contribution in [0.5, 0.6) is 5.75 Å². The summed E-state index contributed by atoms with van der Waals surface area (Å²) in [6, 6.07) is 10.7. The monoisotopic (exact) mass is 270 g/mol. The Bertz CT molecular complexity index is 537. The van der Waals surface area contributed by atoms with Crippen molar-refractivity contribution in [3.8, 4) is 5.75 Å². The molecule has 1 heterocycles. The van der Waals surface area contributed by atoms with Gasteiger partial charge in [-0.25, -0.2) is 0 Å². The van der Waals surface area contributed by atoms with Crippen molar-refractivity contribution < 1.29 is 4.74 Å². The molecule has 2 rings (SSSR count). The van der Waals surface area contributed by atoms with Crippen LogP contribution in [0.15, 0.2) is 42.7 Å². The molecule has 0 aliphatic rings. The average molecular weight is 270 g/mol. The van der Waals surface area contributed by atoms with E-state index in [0.29, 0.717) is 0 Å². The van der Waals surface area contributed by atoms with Crippen LogP contribution in [-0.2, 0) is 0 Å². The molecule has 0 fully saturated rings. The maximum atomic E-state index is 5.66. The summed E-state index contributed by atoms with van der Waals surface area (Å²) < 4.78 is 5.66. The van der Waals surface area contributed by atoms with E-state index in [2.05, 4.69) is 54.5 Å². The van der Waals surface area contributed by atoms with Crippen LogP contribution in [-0.4, -0.2) is 18.6 Å². The smallest absolute Gasteiger partial charge is 0.137 e. The zero-order valence-corrected chi connectivity index (χ0v) is 12.4. The molecule has 1 unspecified atom stereocenters. The summed E-state index contributed by atoms with van der Waals surface area (Å²) in [6.45, 7) is 4.92. The fourth-order valence-corrected chi connectivity index (χ4v) is 2.18. The van der Waals surface area contributed by atoms with Crippen molar-refractivity contribution in [3.63, 3.8) is 0 Å². The highest BCUT2D eigenvalue weighted by Gasteiger charge is 2.13. The van der Waals surface area contributed by atoms with Crippen molar-refractivity contribution in [1.82, 2.24) is 10.3 Å². The third-order valence-electron chi connectivity index (χ3n) is 3.24. The molecule has 3 heteroatoms. The second-order valence-corrected chi connectivity index (χ2v) is 4.93. The van der Waals surface area contributed by atoms with Gasteiger partial charge in [-0.1, -0.05) is 36.8 Å². The number of hydrogen-bond donors (Lipinski definition) is 1. The Balaban J connectivity index is 2.24. The van der Waals surface area contributed by atoms with Crippen LogP contribution >= 0.6 is 0 Å². The molecule has 1 aromatic heterocycles. The topological polar surface area (TPSA) is 34.1 Å². The third kappa shape index (κ3) is 3.58. The van der Waals surface area contributed by atoms with E-state index < -0.39 is 0 Å². The standard InChI is InChI=1S/C17H22N2O/c1-4-9-20-16-10-15(11-19-12-16)17(18-3)14-7-5-13(2)6-8-14/h5-8,10-12,17-18H,4,9H2,1-3H3. The van der Waals surface area contributed by atoms with Crippen molar-refractivity contribution in [2.75, 3.05) is 13.7 Å². The minimum absolute atomic E-state index is 0.133. The number of ether oxygens (including phenoxy) is 1. The Morgan fingerprint density at radius 2 is 1.90 bits per heavy atom. The molecule has 1 atom stereocenters. The first kappa shape index (κ1) is 14.5. The lowest BCUT2D eigenvalue weighted by molar-refractivity contribution is 0.315. The summed E-state index contributed by atoms with van der Waals surface area (Å²) in [7, 11) is 1.96. The van der Waals surface area contributed by atoms with E-state index in [4.69, 9.17) is 4.74 Å². The second kappa shape index (κ2) is 7.06. The number of hydrogen-bond acceptors (Lipinski definition) is 3. The molecule has 2 aromatic rings. The Kier molecular flexibility index (Phi) is 5.13. The van der Waals surface area contributed by atoms with Gasteiger partial charge in [-0.2, -0.15) is 0 Å². The van der Waals surface area contributed by atoms with Gasteiger partial charge in [0.1, 0.15) is 5.75 Å². The second-order valence-electron chi connectivity index (χ2n) is 4.93. The molecular formula is C17H22N2O. The van der Waals surface area contributed by atoms with Crippen LogP contribution in [0.4, 0.5) is 0 Å². The maximum Gasteiger partial charge on any atom is 0.137 e. The summed E-state index contributed by atoms with van der Waals surface area (Å²) in [6.07, 6.45) is 4.65. The van der Waals surface area contributed by atoms with Crippen LogP contribution in [0.25, 0.3) is 0 Å². The van der Waals surface area contributed by atoms with Gasteiger partial charge in [0, 0.05) is 6.20 Å². The quantitative estimate of drug-likeness (QED) is 0.872. The molecule has 0 spiro atoms. The lowest BCUT2D eigenvalue weighted by Gasteiger charge is -2.18. The summed E-state index contributed by atoms with van der Waals surface area (Å²) in [5.41, 5.74) is 3.61. The summed E-state index contributed by atoms with van der Waals surface area (Å²) in [4.78, 5) is 4.28. The molecule has 0 aliphatic carbocycles. The van der Waals surface area contributed by atoms with E-state index in [1.165, 1.54) is 11.1 Å². The first-order valence-corrected chi connectivity index (χ1v) is 7.06. The Hall–Kier alpha value is -1.87. The maximum absolute atomic E-state index is 5.66. The largest absolute Gasteiger partial charge is 0.492 e. The van der Waals surface area contributed by atoms with Crippen LogP contribution in [0.2, 0.25) is 0 Å². The molecule has 0 amide bonds. The number of nitrogens with one attached hydrogen (secondary N) is 1. The van der Waals surface area contributed by atoms with Crippen LogP contribution in [0.3, 0.4) is 0 Å². The zero-order valence-electron chi connectivity index (χ0n) is 12.4. The van der Waals surface area contributed by atoms with Gasteiger partial charge in [0.2, 0.25) is 0 Å². The SMILES string of the molecule is CCCOc1cncc(C(NC)c2ccc(C)cc2)c1. The number of aryl methyl sites for hydroxylation is 1. The summed E-state index contributed by atoms with van der Waals surface area (Å²) in [5.74, 6) is 0.830. The molecule has 0 aliphatic heterocycles. The van der Waals surface area contributed by atoms with Gasteiger partial charge in [0.25, 0.3) is 0 Å². The molecule has 0 bridgehead atoms. The Labute approximate surface area is 121 Å². The van der Waals surface area contributed by atoms with Gasteiger partial charge in [0.05, 0.1) is 18.8 Å². The minimum Gasteiger partial charge on any atom is -0.492 e. The van der Waals surface area contributed by atoms with E-state index in [1.54, 1.807) is 6.20 Å². The molecule has 0 saturated carbocycles. The van der Waals surface area contributed by atoms with Crippen molar-refractivity contribution in [3.05, 3.63) is 59.4 Å². The van der Waals surface area contributed by atoms with Crippen molar-refractivity contribution >= 4 is 0 Å². The predicted octanol–water partition coefficient (Wildman–Crippen LogP) is 3.49. The molecule has 1 N–H and O–H groups in total. The first-order valence-electron chi connectivity index (χ1n) is 7.06. The van der Waals surface area contributed by atoms with Crippen LogP contribution in [0.1, 0.15) is 36.1 Å². The predicted molar refractivity (Wildman–Crippen MR) is 82.1 cm³/mol. The highest BCUT2D eigenvalue weighted by molar-refractivity contribution is 5.35. The Morgan fingerprint density at radius 3 is 2.55 bits per heavy atom. The number of aromatic nitrogens is 1. The van der Waals surface area contributed by atoms with Gasteiger partial charge in [-0.3, -0.25) is 4.98 Å². The van der Waals surface area contributed by atoms with Crippen molar-refractivity contribution in [2.24, 2.45) is 0 Å². The zero-order chi connectivity index (χ0) is 14.4. The van der Waals surface area contributed by atoms with E-state index in [-0.39, 0.29) is 6.04 Å². The minimum atomic E-state index is 0.133. The van der Waals surface area contributed by atoms with Gasteiger partial charge in [0.15, 0.2) is 0 Å². The molecule has 0 radical (unpaired) electrons. The number of rotatable bonds is 6. The normalized spacial score (nSPS) is 12.2. The molecule has 106 valence electrons. The van der Waals surface area contributed by atoms with Gasteiger partial charge in [-0.05, 0) is 37.6 Å². The van der Waals surface area contributed by atoms with E-state index in [0.717, 1.165) is 24.3 Å². The third-order valence-corrected chi connectivity index (χ3v) is 3.24. The Morgan fingerprint density at radius 1 is 1.15 bits per heavy atom. The van der Waals surface area contributed by atoms with E-state index >= 15 is 0 Å². The van der Waals surface area contributed by atoms with E-state index in [1.807, 2.05) is 13.2 Å². The van der Waals surface area contributed by atoms with E-state index in [9.17, 15) is 0 Å². The molecule has 0 saturated heterocycles. The molecule has 3 nitrogen and oxygen atoms in total. The molecule has 1 aromatic carbocycles. The number of nitrogens with zero attached hydrogens (tertiary/aromatic N) is 1. The molecule has 20 heavy (non-hydrogen) atoms. The number of pyridine rings is 1. The number of benzene rings is 1. The molecular weight excluding hydrogens is 248 g/mol. The highest BCUT2D eigenvalue weighted by atomic mass is 16.5. The summed E-state index contributed by atoms with van der Waals surface area (Å²) >= 11 is 0. The van der Waals surface area contributed by atoms with Gasteiger partial charge >= 0.3 is 0 Å². The van der Waals surface area contributed by atoms with Crippen LogP contribution < -0.4 is 10.1 Å². The van der Waals surface area contributed by atoms with Gasteiger partial charge < -0.3 is 10.1 Å². The van der Waals surface area contributed by atoms with Gasteiger partial charge in [-0.15, -0.1) is 0 Å². The average Bonchev–Trinajstić information content (AvgIpc) is 2.48. The lowest BCUT2D eigenvalue weighted by Crippen LogP contribution is -2.18. The van der Waals surface area contributed by atoms with Crippen molar-refractivity contribution in [1.29, 1.82) is 0 Å². The fourth-order valence-electron chi connectivity index (χ4n) is 2.18. The van der Waals surface area contributed by atoms with Crippen molar-refractivity contribution in [2.45, 2.75) is 26.3 Å². The first-order chi connectivity index (χ1) is 9.74.